The van der Waals surface area contributed by atoms with Crippen molar-refractivity contribution >= 4 is 35.1 Å². The molecule has 3 aromatic rings. The zero-order chi connectivity index (χ0) is 22.4. The lowest BCUT2D eigenvalue weighted by Gasteiger charge is -2.13. The van der Waals surface area contributed by atoms with Gasteiger partial charge < -0.3 is 15.2 Å². The molecule has 0 fully saturated rings. The smallest absolute Gasteiger partial charge is 0.303 e. The summed E-state index contributed by atoms with van der Waals surface area (Å²) in [4.78, 5) is 23.4. The number of ether oxygens (including phenoxy) is 1. The molecule has 0 atom stereocenters. The number of amides is 1. The van der Waals surface area contributed by atoms with Crippen LogP contribution in [0.4, 0.5) is 0 Å². The molecule has 0 aliphatic carbocycles. The molecule has 160 valence electrons. The highest BCUT2D eigenvalue weighted by Crippen LogP contribution is 2.28. The summed E-state index contributed by atoms with van der Waals surface area (Å²) in [7, 11) is 1.57. The predicted octanol–water partition coefficient (Wildman–Crippen LogP) is 5.62. The summed E-state index contributed by atoms with van der Waals surface area (Å²) in [5, 5.41) is 12.5. The number of aryl methyl sites for hydroxylation is 1. The van der Waals surface area contributed by atoms with E-state index in [0.717, 1.165) is 22.3 Å². The summed E-state index contributed by atoms with van der Waals surface area (Å²) >= 11 is 12.0. The Morgan fingerprint density at radius 3 is 2.48 bits per heavy atom. The van der Waals surface area contributed by atoms with E-state index in [4.69, 9.17) is 33.0 Å². The minimum absolute atomic E-state index is 0.0800. The third-order valence-electron chi connectivity index (χ3n) is 4.78. The molecule has 0 saturated heterocycles. The second-order valence-electron chi connectivity index (χ2n) is 6.93. The third kappa shape index (κ3) is 6.00. The first-order valence-electron chi connectivity index (χ1n) is 9.58. The van der Waals surface area contributed by atoms with Crippen LogP contribution in [0.15, 0.2) is 60.7 Å². The van der Waals surface area contributed by atoms with Crippen molar-refractivity contribution in [1.82, 2.24) is 5.32 Å². The van der Waals surface area contributed by atoms with Gasteiger partial charge in [0.2, 0.25) is 0 Å². The fraction of sp³-hybridized carbons (Fsp3) is 0.167. The Morgan fingerprint density at radius 2 is 1.77 bits per heavy atom. The topological polar surface area (TPSA) is 75.6 Å². The molecule has 0 heterocycles. The maximum Gasteiger partial charge on any atom is 0.303 e. The highest BCUT2D eigenvalue weighted by molar-refractivity contribution is 6.36. The second-order valence-corrected chi connectivity index (χ2v) is 7.77. The Kier molecular flexibility index (Phi) is 7.55. The maximum atomic E-state index is 12.5. The van der Waals surface area contributed by atoms with Crippen LogP contribution in [0.1, 0.15) is 27.9 Å². The first kappa shape index (κ1) is 22.7. The molecular weight excluding hydrogens is 437 g/mol. The van der Waals surface area contributed by atoms with Crippen LogP contribution in [-0.4, -0.2) is 24.1 Å². The lowest BCUT2D eigenvalue weighted by atomic mass is 9.99. The van der Waals surface area contributed by atoms with Crippen molar-refractivity contribution in [2.75, 3.05) is 7.11 Å². The highest BCUT2D eigenvalue weighted by Gasteiger charge is 2.13. The van der Waals surface area contributed by atoms with Gasteiger partial charge in [0.25, 0.3) is 5.91 Å². The molecule has 0 saturated carbocycles. The molecule has 3 rings (SSSR count). The zero-order valence-electron chi connectivity index (χ0n) is 16.8. The number of hydrogen-bond donors (Lipinski definition) is 2. The van der Waals surface area contributed by atoms with Crippen LogP contribution in [0.3, 0.4) is 0 Å². The lowest BCUT2D eigenvalue weighted by molar-refractivity contribution is -0.136. The minimum atomic E-state index is -0.825. The van der Waals surface area contributed by atoms with Crippen LogP contribution < -0.4 is 10.1 Å². The summed E-state index contributed by atoms with van der Waals surface area (Å²) in [6, 6.07) is 18.2. The van der Waals surface area contributed by atoms with Gasteiger partial charge in [-0.2, -0.15) is 0 Å². The fourth-order valence-electron chi connectivity index (χ4n) is 3.20. The van der Waals surface area contributed by atoms with Gasteiger partial charge >= 0.3 is 5.97 Å². The van der Waals surface area contributed by atoms with Gasteiger partial charge in [0.05, 0.1) is 17.7 Å². The number of carbonyl (C=O) groups excluding carboxylic acids is 1. The van der Waals surface area contributed by atoms with Crippen molar-refractivity contribution in [3.8, 4) is 16.9 Å². The molecule has 0 bridgehead atoms. The van der Waals surface area contributed by atoms with E-state index in [1.165, 1.54) is 6.07 Å². The van der Waals surface area contributed by atoms with Crippen LogP contribution in [0, 0.1) is 0 Å². The monoisotopic (exact) mass is 457 g/mol. The number of carboxylic acid groups (broad SMARTS) is 1. The van der Waals surface area contributed by atoms with E-state index in [1.807, 2.05) is 42.5 Å². The molecule has 0 aliphatic rings. The van der Waals surface area contributed by atoms with Gasteiger partial charge in [0.1, 0.15) is 5.75 Å². The Bertz CT molecular complexity index is 1110. The first-order valence-corrected chi connectivity index (χ1v) is 10.3. The second kappa shape index (κ2) is 10.3. The molecule has 0 aromatic heterocycles. The van der Waals surface area contributed by atoms with E-state index < -0.39 is 5.97 Å². The number of nitrogens with one attached hydrogen (secondary N) is 1. The fourth-order valence-corrected chi connectivity index (χ4v) is 3.69. The Balaban J connectivity index is 1.80. The van der Waals surface area contributed by atoms with Crippen LogP contribution in [-0.2, 0) is 17.8 Å². The summed E-state index contributed by atoms with van der Waals surface area (Å²) in [5.74, 6) is -0.494. The molecule has 0 spiro atoms. The van der Waals surface area contributed by atoms with Crippen molar-refractivity contribution in [3.05, 3.63) is 87.4 Å². The van der Waals surface area contributed by atoms with Crippen LogP contribution in [0.2, 0.25) is 10.0 Å². The predicted molar refractivity (Wildman–Crippen MR) is 122 cm³/mol. The average molecular weight is 458 g/mol. The molecule has 7 heteroatoms. The average Bonchev–Trinajstić information content (AvgIpc) is 2.76. The number of hydrogen-bond acceptors (Lipinski definition) is 3. The highest BCUT2D eigenvalue weighted by atomic mass is 35.5. The molecule has 0 aliphatic heterocycles. The lowest BCUT2D eigenvalue weighted by Crippen LogP contribution is -2.23. The molecule has 31 heavy (non-hydrogen) atoms. The quantitative estimate of drug-likeness (QED) is 0.460. The number of aliphatic carboxylic acids is 1. The van der Waals surface area contributed by atoms with Crippen molar-refractivity contribution in [2.45, 2.75) is 19.4 Å². The summed E-state index contributed by atoms with van der Waals surface area (Å²) in [6.07, 6.45) is 0.542. The largest absolute Gasteiger partial charge is 0.496 e. The molecule has 2 N–H and O–H groups in total. The molecule has 3 aromatic carbocycles. The van der Waals surface area contributed by atoms with E-state index >= 15 is 0 Å². The minimum Gasteiger partial charge on any atom is -0.496 e. The van der Waals surface area contributed by atoms with Gasteiger partial charge in [-0.05, 0) is 53.4 Å². The zero-order valence-corrected chi connectivity index (χ0v) is 18.3. The van der Waals surface area contributed by atoms with Crippen molar-refractivity contribution in [2.24, 2.45) is 0 Å². The normalized spacial score (nSPS) is 10.5. The number of methoxy groups -OCH3 is 1. The SMILES string of the molecule is COc1ccc(-c2cccc(CCC(=O)O)c2)cc1CNC(=O)c1ccc(Cl)cc1Cl. The van der Waals surface area contributed by atoms with E-state index in [-0.39, 0.29) is 23.9 Å². The summed E-state index contributed by atoms with van der Waals surface area (Å²) in [5.41, 5.74) is 3.98. The summed E-state index contributed by atoms with van der Waals surface area (Å²) in [6.45, 7) is 0.244. The Morgan fingerprint density at radius 1 is 1.00 bits per heavy atom. The standard InChI is InChI=1S/C24H21Cl2NO4/c1-31-22-9-6-17(16-4-2-3-15(11-16)5-10-23(28)29)12-18(22)14-27-24(30)20-8-7-19(25)13-21(20)26/h2-4,6-9,11-13H,5,10,14H2,1H3,(H,27,30)(H,28,29). The maximum absolute atomic E-state index is 12.5. The van der Waals surface area contributed by atoms with Gasteiger partial charge in [0, 0.05) is 23.6 Å². The van der Waals surface area contributed by atoms with Gasteiger partial charge in [-0.15, -0.1) is 0 Å². The Hall–Kier alpha value is -3.02. The van der Waals surface area contributed by atoms with Gasteiger partial charge in [-0.3, -0.25) is 9.59 Å². The molecule has 5 nitrogen and oxygen atoms in total. The molecule has 0 unspecified atom stereocenters. The van der Waals surface area contributed by atoms with Crippen LogP contribution in [0.5, 0.6) is 5.75 Å². The van der Waals surface area contributed by atoms with Crippen LogP contribution >= 0.6 is 23.2 Å². The molecule has 0 radical (unpaired) electrons. The number of benzene rings is 3. The molecule has 1 amide bonds. The van der Waals surface area contributed by atoms with Gasteiger partial charge in [-0.1, -0.05) is 53.5 Å². The number of halogens is 2. The summed E-state index contributed by atoms with van der Waals surface area (Å²) < 4.78 is 5.44. The number of rotatable bonds is 8. The number of carboxylic acids is 1. The Labute approximate surface area is 190 Å². The number of carbonyl (C=O) groups is 2. The van der Waals surface area contributed by atoms with Crippen LogP contribution in [0.25, 0.3) is 11.1 Å². The van der Waals surface area contributed by atoms with Gasteiger partial charge in [-0.25, -0.2) is 0 Å². The van der Waals surface area contributed by atoms with E-state index in [0.29, 0.717) is 22.8 Å². The van der Waals surface area contributed by atoms with Crippen molar-refractivity contribution < 1.29 is 19.4 Å². The van der Waals surface area contributed by atoms with E-state index in [1.54, 1.807) is 19.2 Å². The van der Waals surface area contributed by atoms with Gasteiger partial charge in [0.15, 0.2) is 0 Å². The van der Waals surface area contributed by atoms with E-state index in [2.05, 4.69) is 5.32 Å². The molecular formula is C24H21Cl2NO4. The van der Waals surface area contributed by atoms with Crippen molar-refractivity contribution in [3.63, 3.8) is 0 Å². The van der Waals surface area contributed by atoms with E-state index in [9.17, 15) is 9.59 Å². The third-order valence-corrected chi connectivity index (χ3v) is 5.33. The first-order chi connectivity index (χ1) is 14.9. The van der Waals surface area contributed by atoms with Crippen molar-refractivity contribution in [1.29, 1.82) is 0 Å².